The quantitative estimate of drug-likeness (QED) is 0.691. The second-order valence-corrected chi connectivity index (χ2v) is 3.85. The number of aliphatic hydroxyl groups excluding tert-OH is 1. The van der Waals surface area contributed by atoms with Gasteiger partial charge in [-0.15, -0.1) is 0 Å². The molecule has 0 heterocycles. The molecule has 0 aliphatic heterocycles. The lowest BCUT2D eigenvalue weighted by Crippen LogP contribution is -2.27. The predicted molar refractivity (Wildman–Crippen MR) is 54.2 cm³/mol. The Labute approximate surface area is 89.6 Å². The van der Waals surface area contributed by atoms with Gasteiger partial charge < -0.3 is 9.84 Å². The normalized spacial score (nSPS) is 25.2. The van der Waals surface area contributed by atoms with Crippen LogP contribution in [0.25, 0.3) is 0 Å². The standard InChI is InChI=1S/C11H18O4/c1-2-10(13)8-4-3-5-9(8)11(14)15-7-6-12/h8-9,12H,2-7H2,1H3/t8-,9-/m1/s1. The van der Waals surface area contributed by atoms with Crippen molar-refractivity contribution >= 4 is 11.8 Å². The summed E-state index contributed by atoms with van der Waals surface area (Å²) in [5, 5.41) is 8.54. The highest BCUT2D eigenvalue weighted by Gasteiger charge is 2.37. The summed E-state index contributed by atoms with van der Waals surface area (Å²) in [6, 6.07) is 0. The first-order chi connectivity index (χ1) is 7.20. The van der Waals surface area contributed by atoms with Gasteiger partial charge in [-0.2, -0.15) is 0 Å². The van der Waals surface area contributed by atoms with Gasteiger partial charge in [-0.1, -0.05) is 13.3 Å². The molecule has 1 rings (SSSR count). The van der Waals surface area contributed by atoms with E-state index in [2.05, 4.69) is 0 Å². The van der Waals surface area contributed by atoms with E-state index >= 15 is 0 Å². The third-order valence-electron chi connectivity index (χ3n) is 2.92. The maximum atomic E-state index is 11.5. The van der Waals surface area contributed by atoms with Crippen LogP contribution < -0.4 is 0 Å². The van der Waals surface area contributed by atoms with Crippen molar-refractivity contribution in [2.75, 3.05) is 13.2 Å². The maximum absolute atomic E-state index is 11.5. The van der Waals surface area contributed by atoms with Crippen LogP contribution in [-0.4, -0.2) is 30.1 Å². The molecule has 0 aromatic rings. The maximum Gasteiger partial charge on any atom is 0.309 e. The van der Waals surface area contributed by atoms with Crippen LogP contribution in [0.4, 0.5) is 0 Å². The highest BCUT2D eigenvalue weighted by Crippen LogP contribution is 2.33. The summed E-state index contributed by atoms with van der Waals surface area (Å²) in [4.78, 5) is 23.1. The number of carbonyl (C=O) groups is 2. The second-order valence-electron chi connectivity index (χ2n) is 3.85. The van der Waals surface area contributed by atoms with E-state index in [1.807, 2.05) is 6.92 Å². The summed E-state index contributed by atoms with van der Waals surface area (Å²) < 4.78 is 4.86. The smallest absolute Gasteiger partial charge is 0.309 e. The minimum atomic E-state index is -0.326. The highest BCUT2D eigenvalue weighted by atomic mass is 16.5. The lowest BCUT2D eigenvalue weighted by atomic mass is 9.91. The highest BCUT2D eigenvalue weighted by molar-refractivity contribution is 5.87. The predicted octanol–water partition coefficient (Wildman–Crippen LogP) is 0.917. The van der Waals surface area contributed by atoms with Crippen molar-refractivity contribution in [3.8, 4) is 0 Å². The third-order valence-corrected chi connectivity index (χ3v) is 2.92. The molecule has 0 amide bonds. The lowest BCUT2D eigenvalue weighted by molar-refractivity contribution is -0.152. The van der Waals surface area contributed by atoms with Gasteiger partial charge in [-0.05, 0) is 12.8 Å². The molecule has 1 aliphatic carbocycles. The zero-order valence-electron chi connectivity index (χ0n) is 9.07. The number of hydrogen-bond donors (Lipinski definition) is 1. The fraction of sp³-hybridized carbons (Fsp3) is 0.818. The fourth-order valence-corrected chi connectivity index (χ4v) is 2.14. The third kappa shape index (κ3) is 3.02. The molecular weight excluding hydrogens is 196 g/mol. The van der Waals surface area contributed by atoms with Gasteiger partial charge in [0.25, 0.3) is 0 Å². The molecular formula is C11H18O4. The molecule has 1 fully saturated rings. The van der Waals surface area contributed by atoms with Crippen LogP contribution in [0.15, 0.2) is 0 Å². The van der Waals surface area contributed by atoms with E-state index in [0.717, 1.165) is 19.3 Å². The van der Waals surface area contributed by atoms with E-state index < -0.39 is 0 Å². The molecule has 0 aromatic heterocycles. The van der Waals surface area contributed by atoms with E-state index in [-0.39, 0.29) is 36.8 Å². The van der Waals surface area contributed by atoms with Gasteiger partial charge in [0.1, 0.15) is 12.4 Å². The van der Waals surface area contributed by atoms with Crippen molar-refractivity contribution < 1.29 is 19.4 Å². The molecule has 86 valence electrons. The monoisotopic (exact) mass is 214 g/mol. The van der Waals surface area contributed by atoms with E-state index in [1.165, 1.54) is 0 Å². The fourth-order valence-electron chi connectivity index (χ4n) is 2.14. The number of hydrogen-bond acceptors (Lipinski definition) is 4. The van der Waals surface area contributed by atoms with Gasteiger partial charge >= 0.3 is 5.97 Å². The van der Waals surface area contributed by atoms with Crippen molar-refractivity contribution in [1.82, 2.24) is 0 Å². The second kappa shape index (κ2) is 5.85. The molecule has 1 aliphatic rings. The van der Waals surface area contributed by atoms with Crippen molar-refractivity contribution in [3.63, 3.8) is 0 Å². The summed E-state index contributed by atoms with van der Waals surface area (Å²) in [7, 11) is 0. The van der Waals surface area contributed by atoms with E-state index in [0.29, 0.717) is 6.42 Å². The molecule has 4 heteroatoms. The Morgan fingerprint density at radius 1 is 1.33 bits per heavy atom. The van der Waals surface area contributed by atoms with Crippen LogP contribution >= 0.6 is 0 Å². The van der Waals surface area contributed by atoms with E-state index in [4.69, 9.17) is 9.84 Å². The summed E-state index contributed by atoms with van der Waals surface area (Å²) in [5.41, 5.74) is 0. The largest absolute Gasteiger partial charge is 0.463 e. The number of carbonyl (C=O) groups excluding carboxylic acids is 2. The Bertz CT molecular complexity index is 237. The zero-order valence-corrected chi connectivity index (χ0v) is 9.07. The first-order valence-corrected chi connectivity index (χ1v) is 5.51. The Kier molecular flexibility index (Phi) is 4.75. The van der Waals surface area contributed by atoms with E-state index in [9.17, 15) is 9.59 Å². The van der Waals surface area contributed by atoms with Crippen LogP contribution in [0.3, 0.4) is 0 Å². The number of ketones is 1. The van der Waals surface area contributed by atoms with Gasteiger partial charge in [-0.25, -0.2) is 0 Å². The van der Waals surface area contributed by atoms with Crippen LogP contribution in [-0.2, 0) is 14.3 Å². The molecule has 0 radical (unpaired) electrons. The van der Waals surface area contributed by atoms with Gasteiger partial charge in [0.15, 0.2) is 0 Å². The first kappa shape index (κ1) is 12.2. The Balaban J connectivity index is 2.52. The van der Waals surface area contributed by atoms with E-state index in [1.54, 1.807) is 0 Å². The Morgan fingerprint density at radius 2 is 2.00 bits per heavy atom. The molecule has 0 aromatic carbocycles. The summed E-state index contributed by atoms with van der Waals surface area (Å²) in [6.45, 7) is 1.68. The molecule has 4 nitrogen and oxygen atoms in total. The molecule has 1 saturated carbocycles. The van der Waals surface area contributed by atoms with Crippen molar-refractivity contribution in [3.05, 3.63) is 0 Å². The average molecular weight is 214 g/mol. The summed E-state index contributed by atoms with van der Waals surface area (Å²) in [6.07, 6.45) is 2.93. The number of ether oxygens (including phenoxy) is 1. The topological polar surface area (TPSA) is 63.6 Å². The van der Waals surface area contributed by atoms with Gasteiger partial charge in [0.2, 0.25) is 0 Å². The number of rotatable bonds is 5. The van der Waals surface area contributed by atoms with Crippen molar-refractivity contribution in [1.29, 1.82) is 0 Å². The summed E-state index contributed by atoms with van der Waals surface area (Å²) in [5.74, 6) is -0.600. The molecule has 0 bridgehead atoms. The van der Waals surface area contributed by atoms with Crippen molar-refractivity contribution in [2.45, 2.75) is 32.6 Å². The van der Waals surface area contributed by atoms with Gasteiger partial charge in [-0.3, -0.25) is 9.59 Å². The SMILES string of the molecule is CCC(=O)[C@@H]1CCC[C@H]1C(=O)OCCO. The first-order valence-electron chi connectivity index (χ1n) is 5.51. The number of aliphatic hydroxyl groups is 1. The minimum absolute atomic E-state index is 0.0301. The molecule has 15 heavy (non-hydrogen) atoms. The van der Waals surface area contributed by atoms with Gasteiger partial charge in [0, 0.05) is 12.3 Å². The Hall–Kier alpha value is -0.900. The Morgan fingerprint density at radius 3 is 2.60 bits per heavy atom. The summed E-state index contributed by atoms with van der Waals surface area (Å²) >= 11 is 0. The molecule has 0 saturated heterocycles. The van der Waals surface area contributed by atoms with Crippen molar-refractivity contribution in [2.24, 2.45) is 11.8 Å². The zero-order chi connectivity index (χ0) is 11.3. The van der Waals surface area contributed by atoms with Crippen LogP contribution in [0.1, 0.15) is 32.6 Å². The van der Waals surface area contributed by atoms with Crippen LogP contribution in [0.2, 0.25) is 0 Å². The van der Waals surface area contributed by atoms with Crippen LogP contribution in [0, 0.1) is 11.8 Å². The average Bonchev–Trinajstić information content (AvgIpc) is 2.73. The molecule has 1 N–H and O–H groups in total. The van der Waals surface area contributed by atoms with Crippen LogP contribution in [0.5, 0.6) is 0 Å². The van der Waals surface area contributed by atoms with Gasteiger partial charge in [0.05, 0.1) is 12.5 Å². The number of Topliss-reactive ketones (excluding diaryl/α,β-unsaturated/α-hetero) is 1. The molecule has 0 spiro atoms. The minimum Gasteiger partial charge on any atom is -0.463 e. The number of esters is 1. The molecule has 2 atom stereocenters. The molecule has 0 unspecified atom stereocenters. The lowest BCUT2D eigenvalue weighted by Gasteiger charge is -2.16.